The largest absolute Gasteiger partial charge is 0.300 e. The number of allylic oxidation sites excluding steroid dienone is 4. The van der Waals surface area contributed by atoms with Crippen LogP contribution >= 0.6 is 0 Å². The molecule has 1 saturated carbocycles. The summed E-state index contributed by atoms with van der Waals surface area (Å²) in [6.07, 6.45) is 9.32. The van der Waals surface area contributed by atoms with Crippen LogP contribution in [0.25, 0.3) is 0 Å². The molecule has 1 heterocycles. The minimum absolute atomic E-state index is 0.0946. The summed E-state index contributed by atoms with van der Waals surface area (Å²) in [7, 11) is 1.95. The van der Waals surface area contributed by atoms with Gasteiger partial charge in [0.25, 0.3) is 0 Å². The fraction of sp³-hybridized carbons (Fsp3) is 0.600. The highest BCUT2D eigenvalue weighted by Crippen LogP contribution is 2.58. The first-order chi connectivity index (χ1) is 9.63. The van der Waals surface area contributed by atoms with Crippen molar-refractivity contribution in [3.8, 4) is 0 Å². The van der Waals surface area contributed by atoms with E-state index in [2.05, 4.69) is 30.3 Å². The van der Waals surface area contributed by atoms with E-state index in [1.54, 1.807) is 0 Å². The summed E-state index contributed by atoms with van der Waals surface area (Å²) < 4.78 is 0. The van der Waals surface area contributed by atoms with Crippen LogP contribution in [-0.4, -0.2) is 35.9 Å². The maximum atomic E-state index is 11.9. The van der Waals surface area contributed by atoms with Crippen LogP contribution in [0.1, 0.15) is 13.3 Å². The van der Waals surface area contributed by atoms with Gasteiger partial charge in [0.15, 0.2) is 0 Å². The van der Waals surface area contributed by atoms with E-state index in [9.17, 15) is 4.79 Å². The molecule has 108 valence electrons. The molecule has 0 spiro atoms. The number of nitrogens with one attached hydrogen (secondary N) is 1. The molecule has 0 aromatic rings. The number of carbonyl (C=O) groups excluding carboxylic acids is 1. The van der Waals surface area contributed by atoms with Crippen LogP contribution < -0.4 is 5.48 Å². The molecule has 3 rings (SSSR count). The van der Waals surface area contributed by atoms with E-state index in [-0.39, 0.29) is 17.7 Å². The first-order valence-electron chi connectivity index (χ1n) is 7.16. The molecule has 5 heteroatoms. The van der Waals surface area contributed by atoms with Crippen molar-refractivity contribution in [2.75, 3.05) is 13.6 Å². The zero-order chi connectivity index (χ0) is 14.3. The van der Waals surface area contributed by atoms with Gasteiger partial charge in [0.05, 0.1) is 0 Å². The Labute approximate surface area is 119 Å². The number of hydrogen-bond donors (Lipinski definition) is 2. The molecule has 0 radical (unpaired) electrons. The SMILES string of the molecule is CC1=CC=CCC1[C@H]1[C@@H](C(=O)NO)[C@@H]1C1C=NN(C)C1. The number of nitrogens with zero attached hydrogens (tertiary/aromatic N) is 2. The molecule has 1 aliphatic heterocycles. The Kier molecular flexibility index (Phi) is 3.38. The van der Waals surface area contributed by atoms with Crippen molar-refractivity contribution in [2.45, 2.75) is 13.3 Å². The number of hydrazone groups is 1. The second-order valence-electron chi connectivity index (χ2n) is 6.11. The molecule has 0 aromatic carbocycles. The normalized spacial score (nSPS) is 38.9. The predicted molar refractivity (Wildman–Crippen MR) is 76.0 cm³/mol. The molecule has 2 unspecified atom stereocenters. The Hall–Kier alpha value is -1.62. The van der Waals surface area contributed by atoms with E-state index in [0.717, 1.165) is 13.0 Å². The number of hydroxylamine groups is 1. The highest BCUT2D eigenvalue weighted by molar-refractivity contribution is 5.82. The molecule has 0 saturated heterocycles. The predicted octanol–water partition coefficient (Wildman–Crippen LogP) is 1.42. The second-order valence-corrected chi connectivity index (χ2v) is 6.11. The number of carbonyl (C=O) groups is 1. The Morgan fingerprint density at radius 2 is 2.30 bits per heavy atom. The van der Waals surface area contributed by atoms with Gasteiger partial charge in [-0.25, -0.2) is 5.48 Å². The van der Waals surface area contributed by atoms with Crippen LogP contribution in [0.5, 0.6) is 0 Å². The molecule has 1 amide bonds. The quantitative estimate of drug-likeness (QED) is 0.605. The van der Waals surface area contributed by atoms with Crippen molar-refractivity contribution in [2.24, 2.45) is 34.7 Å². The number of rotatable bonds is 3. The van der Waals surface area contributed by atoms with Crippen LogP contribution in [0, 0.1) is 29.6 Å². The van der Waals surface area contributed by atoms with E-state index >= 15 is 0 Å². The van der Waals surface area contributed by atoms with Crippen molar-refractivity contribution in [1.82, 2.24) is 10.5 Å². The standard InChI is InChI=1S/C15H21N3O2/c1-9-5-3-4-6-11(9)13-12(14(13)15(19)17-20)10-7-16-18(2)8-10/h3-5,7,10-14,20H,6,8H2,1-2H3,(H,17,19)/t10?,11?,12-,13-,14+/m1/s1. The molecular formula is C15H21N3O2. The van der Waals surface area contributed by atoms with Crippen molar-refractivity contribution in [1.29, 1.82) is 0 Å². The van der Waals surface area contributed by atoms with Crippen LogP contribution in [0.4, 0.5) is 0 Å². The summed E-state index contributed by atoms with van der Waals surface area (Å²) in [4.78, 5) is 11.9. The van der Waals surface area contributed by atoms with Crippen molar-refractivity contribution in [3.05, 3.63) is 23.8 Å². The lowest BCUT2D eigenvalue weighted by molar-refractivity contribution is -0.131. The summed E-state index contributed by atoms with van der Waals surface area (Å²) in [6, 6.07) is 0. The summed E-state index contributed by atoms with van der Waals surface area (Å²) in [5, 5.41) is 15.2. The lowest BCUT2D eigenvalue weighted by Crippen LogP contribution is -2.24. The van der Waals surface area contributed by atoms with Gasteiger partial charge in [-0.1, -0.05) is 23.8 Å². The lowest BCUT2D eigenvalue weighted by Gasteiger charge is -2.20. The third kappa shape index (κ3) is 2.16. The molecule has 3 aliphatic rings. The number of hydrogen-bond acceptors (Lipinski definition) is 4. The Bertz CT molecular complexity index is 497. The maximum Gasteiger partial charge on any atom is 0.247 e. The first kappa shape index (κ1) is 13.4. The van der Waals surface area contributed by atoms with Gasteiger partial charge < -0.3 is 0 Å². The Balaban J connectivity index is 1.78. The van der Waals surface area contributed by atoms with E-state index < -0.39 is 0 Å². The smallest absolute Gasteiger partial charge is 0.247 e. The highest BCUT2D eigenvalue weighted by atomic mass is 16.5. The third-order valence-electron chi connectivity index (χ3n) is 4.91. The minimum Gasteiger partial charge on any atom is -0.300 e. The number of amides is 1. The summed E-state index contributed by atoms with van der Waals surface area (Å²) in [5.41, 5.74) is 3.17. The summed E-state index contributed by atoms with van der Waals surface area (Å²) >= 11 is 0. The zero-order valence-corrected chi connectivity index (χ0v) is 11.9. The molecule has 2 aliphatic carbocycles. The third-order valence-corrected chi connectivity index (χ3v) is 4.91. The van der Waals surface area contributed by atoms with E-state index in [4.69, 9.17) is 5.21 Å². The zero-order valence-electron chi connectivity index (χ0n) is 11.9. The maximum absolute atomic E-state index is 11.9. The van der Waals surface area contributed by atoms with Gasteiger partial charge in [-0.2, -0.15) is 5.10 Å². The van der Waals surface area contributed by atoms with Gasteiger partial charge in [0.2, 0.25) is 5.91 Å². The average molecular weight is 275 g/mol. The van der Waals surface area contributed by atoms with Gasteiger partial charge in [-0.3, -0.25) is 15.0 Å². The highest BCUT2D eigenvalue weighted by Gasteiger charge is 2.61. The lowest BCUT2D eigenvalue weighted by atomic mass is 9.85. The van der Waals surface area contributed by atoms with Gasteiger partial charge in [0, 0.05) is 31.6 Å². The second kappa shape index (κ2) is 5.05. The minimum atomic E-state index is -0.245. The molecule has 2 N–H and O–H groups in total. The van der Waals surface area contributed by atoms with Crippen LogP contribution in [0.3, 0.4) is 0 Å². The Morgan fingerprint density at radius 1 is 1.50 bits per heavy atom. The van der Waals surface area contributed by atoms with Crippen molar-refractivity contribution >= 4 is 12.1 Å². The van der Waals surface area contributed by atoms with E-state index in [1.807, 2.05) is 23.8 Å². The summed E-state index contributed by atoms with van der Waals surface area (Å²) in [5.74, 6) is 0.979. The fourth-order valence-electron chi connectivity index (χ4n) is 3.89. The molecule has 0 aromatic heterocycles. The van der Waals surface area contributed by atoms with Crippen LogP contribution in [0.15, 0.2) is 28.9 Å². The monoisotopic (exact) mass is 275 g/mol. The van der Waals surface area contributed by atoms with Gasteiger partial charge in [-0.05, 0) is 31.1 Å². The van der Waals surface area contributed by atoms with Crippen molar-refractivity contribution < 1.29 is 10.0 Å². The molecule has 1 fully saturated rings. The molecule has 5 nitrogen and oxygen atoms in total. The molecule has 0 bridgehead atoms. The molecule has 5 atom stereocenters. The van der Waals surface area contributed by atoms with Crippen LogP contribution in [0.2, 0.25) is 0 Å². The Morgan fingerprint density at radius 3 is 2.90 bits per heavy atom. The van der Waals surface area contributed by atoms with Gasteiger partial charge >= 0.3 is 0 Å². The van der Waals surface area contributed by atoms with Gasteiger partial charge in [0.1, 0.15) is 0 Å². The average Bonchev–Trinajstić information content (AvgIpc) is 3.04. The topological polar surface area (TPSA) is 64.9 Å². The van der Waals surface area contributed by atoms with Crippen molar-refractivity contribution in [3.63, 3.8) is 0 Å². The summed E-state index contributed by atoms with van der Waals surface area (Å²) in [6.45, 7) is 2.99. The van der Waals surface area contributed by atoms with Crippen LogP contribution in [-0.2, 0) is 4.79 Å². The first-order valence-corrected chi connectivity index (χ1v) is 7.16. The van der Waals surface area contributed by atoms with E-state index in [1.165, 1.54) is 5.57 Å². The fourth-order valence-corrected chi connectivity index (χ4v) is 3.89. The molecular weight excluding hydrogens is 254 g/mol. The van der Waals surface area contributed by atoms with E-state index in [0.29, 0.717) is 17.8 Å². The molecule has 20 heavy (non-hydrogen) atoms. The van der Waals surface area contributed by atoms with Gasteiger partial charge in [-0.15, -0.1) is 0 Å².